The molecule has 0 saturated carbocycles. The molecule has 1 heterocycles. The molecule has 3 aromatic carbocycles. The van der Waals surface area contributed by atoms with Crippen LogP contribution in [0.1, 0.15) is 49.4 Å². The second-order valence-electron chi connectivity index (χ2n) is 9.55. The fourth-order valence-electron chi connectivity index (χ4n) is 4.53. The molecule has 202 valence electrons. The number of hydrogen-bond acceptors (Lipinski definition) is 6. The number of methoxy groups -OCH3 is 1. The topological polar surface area (TPSA) is 94.2 Å². The van der Waals surface area contributed by atoms with Gasteiger partial charge in [-0.1, -0.05) is 32.0 Å². The van der Waals surface area contributed by atoms with Crippen molar-refractivity contribution in [3.05, 3.63) is 77.4 Å². The Morgan fingerprint density at radius 3 is 2.32 bits per heavy atom. The van der Waals surface area contributed by atoms with E-state index in [0.717, 1.165) is 26.7 Å². The molecule has 1 N–H and O–H groups in total. The summed E-state index contributed by atoms with van der Waals surface area (Å²) < 4.78 is 45.3. The van der Waals surface area contributed by atoms with Crippen LogP contribution in [0, 0.1) is 6.92 Å². The van der Waals surface area contributed by atoms with Crippen molar-refractivity contribution in [2.24, 2.45) is 0 Å². The monoisotopic (exact) mass is 538 g/mol. The Morgan fingerprint density at radius 1 is 0.974 bits per heavy atom. The van der Waals surface area contributed by atoms with Gasteiger partial charge in [0.1, 0.15) is 25.5 Å². The fourth-order valence-corrected chi connectivity index (χ4v) is 5.96. The molecular weight excluding hydrogens is 504 g/mol. The van der Waals surface area contributed by atoms with Gasteiger partial charge >= 0.3 is 0 Å². The molecule has 3 aromatic rings. The van der Waals surface area contributed by atoms with Gasteiger partial charge in [0.15, 0.2) is 11.5 Å². The molecule has 1 aliphatic rings. The van der Waals surface area contributed by atoms with Crippen LogP contribution in [0.4, 0.5) is 5.69 Å². The summed E-state index contributed by atoms with van der Waals surface area (Å²) in [4.78, 5) is 13.4. The summed E-state index contributed by atoms with van der Waals surface area (Å²) in [5, 5.41) is 2.98. The van der Waals surface area contributed by atoms with Crippen LogP contribution in [-0.4, -0.2) is 41.2 Å². The molecule has 4 rings (SSSR count). The molecule has 0 spiro atoms. The van der Waals surface area contributed by atoms with Gasteiger partial charge in [0.25, 0.3) is 10.0 Å². The van der Waals surface area contributed by atoms with Gasteiger partial charge in [0.2, 0.25) is 5.91 Å². The summed E-state index contributed by atoms with van der Waals surface area (Å²) in [6, 6.07) is 16.6. The highest BCUT2D eigenvalue weighted by Crippen LogP contribution is 2.36. The number of fused-ring (bicyclic) bond motifs is 1. The summed E-state index contributed by atoms with van der Waals surface area (Å²) in [6.07, 6.45) is 0. The van der Waals surface area contributed by atoms with E-state index in [1.165, 1.54) is 12.1 Å². The fraction of sp³-hybridized carbons (Fsp3) is 0.345. The van der Waals surface area contributed by atoms with Crippen molar-refractivity contribution in [1.82, 2.24) is 5.32 Å². The first-order valence-electron chi connectivity index (χ1n) is 12.6. The minimum absolute atomic E-state index is 0.0864. The van der Waals surface area contributed by atoms with Crippen LogP contribution in [0.25, 0.3) is 0 Å². The summed E-state index contributed by atoms with van der Waals surface area (Å²) >= 11 is 0. The number of benzene rings is 3. The average molecular weight is 539 g/mol. The van der Waals surface area contributed by atoms with Crippen molar-refractivity contribution in [1.29, 1.82) is 0 Å². The molecule has 38 heavy (non-hydrogen) atoms. The Kier molecular flexibility index (Phi) is 8.16. The summed E-state index contributed by atoms with van der Waals surface area (Å²) in [6.45, 7) is 8.39. The minimum atomic E-state index is -4.05. The van der Waals surface area contributed by atoms with E-state index in [1.807, 2.05) is 26.0 Å². The number of carbonyl (C=O) groups is 1. The molecule has 0 fully saturated rings. The molecule has 8 nitrogen and oxygen atoms in total. The van der Waals surface area contributed by atoms with Crippen LogP contribution in [0.5, 0.6) is 17.2 Å². The lowest BCUT2D eigenvalue weighted by Crippen LogP contribution is -2.41. The molecule has 0 saturated heterocycles. The molecular formula is C29H34N2O6S. The highest BCUT2D eigenvalue weighted by atomic mass is 32.2. The molecule has 1 amide bonds. The lowest BCUT2D eigenvalue weighted by atomic mass is 9.93. The number of hydrogen-bond donors (Lipinski definition) is 1. The predicted octanol–water partition coefficient (Wildman–Crippen LogP) is 4.97. The van der Waals surface area contributed by atoms with Gasteiger partial charge in [-0.25, -0.2) is 8.42 Å². The van der Waals surface area contributed by atoms with E-state index in [-0.39, 0.29) is 16.9 Å². The lowest BCUT2D eigenvalue weighted by Gasteiger charge is -2.27. The van der Waals surface area contributed by atoms with Crippen LogP contribution in [0.2, 0.25) is 0 Å². The summed E-state index contributed by atoms with van der Waals surface area (Å²) in [5.74, 6) is 1.57. The molecule has 0 bridgehead atoms. The maximum Gasteiger partial charge on any atom is 0.264 e. The number of carbonyl (C=O) groups excluding carboxylic acids is 1. The zero-order valence-corrected chi connectivity index (χ0v) is 23.2. The molecule has 1 atom stereocenters. The van der Waals surface area contributed by atoms with Crippen molar-refractivity contribution in [2.75, 3.05) is 31.2 Å². The standard InChI is InChI=1S/C29H34N2O6S/c1-19(2)24-17-25(20(3)15-27(24)35-5)21(4)30-29(32)18-31(38(33,34)23-9-7-6-8-10-23)22-11-12-26-28(16-22)37-14-13-36-26/h6-12,15-17,19,21H,13-14,18H2,1-5H3,(H,30,32)/t21-/m0/s1. The van der Waals surface area contributed by atoms with E-state index in [2.05, 4.69) is 19.2 Å². The SMILES string of the molecule is COc1cc(C)c([C@H](C)NC(=O)CN(c2ccc3c(c2)OCCO3)S(=O)(=O)c2ccccc2)cc1C(C)C. The quantitative estimate of drug-likeness (QED) is 0.413. The normalized spacial score (nSPS) is 13.6. The Bertz CT molecular complexity index is 1410. The number of sulfonamides is 1. The van der Waals surface area contributed by atoms with Crippen molar-refractivity contribution in [3.63, 3.8) is 0 Å². The third-order valence-corrected chi connectivity index (χ3v) is 8.30. The third-order valence-electron chi connectivity index (χ3n) is 6.52. The summed E-state index contributed by atoms with van der Waals surface area (Å²) in [7, 11) is -2.41. The smallest absolute Gasteiger partial charge is 0.264 e. The number of aryl methyl sites for hydroxylation is 1. The molecule has 0 aromatic heterocycles. The lowest BCUT2D eigenvalue weighted by molar-refractivity contribution is -0.120. The van der Waals surface area contributed by atoms with Gasteiger partial charge < -0.3 is 19.5 Å². The van der Waals surface area contributed by atoms with E-state index in [9.17, 15) is 13.2 Å². The second-order valence-corrected chi connectivity index (χ2v) is 11.4. The Hall–Kier alpha value is -3.72. The van der Waals surface area contributed by atoms with Crippen LogP contribution >= 0.6 is 0 Å². The molecule has 0 radical (unpaired) electrons. The van der Waals surface area contributed by atoms with Crippen molar-refractivity contribution >= 4 is 21.6 Å². The zero-order valence-electron chi connectivity index (χ0n) is 22.4. The maximum absolute atomic E-state index is 13.7. The Labute approximate surface area is 224 Å². The highest BCUT2D eigenvalue weighted by Gasteiger charge is 2.29. The van der Waals surface area contributed by atoms with E-state index in [0.29, 0.717) is 30.4 Å². The van der Waals surface area contributed by atoms with E-state index >= 15 is 0 Å². The average Bonchev–Trinajstić information content (AvgIpc) is 2.91. The van der Waals surface area contributed by atoms with Gasteiger partial charge in [0, 0.05) is 6.07 Å². The van der Waals surface area contributed by atoms with Gasteiger partial charge in [-0.05, 0) is 72.9 Å². The number of nitrogens with one attached hydrogen (secondary N) is 1. The molecule has 0 aliphatic carbocycles. The predicted molar refractivity (Wildman–Crippen MR) is 147 cm³/mol. The van der Waals surface area contributed by atoms with Crippen molar-refractivity contribution < 1.29 is 27.4 Å². The van der Waals surface area contributed by atoms with E-state index in [4.69, 9.17) is 14.2 Å². The van der Waals surface area contributed by atoms with E-state index < -0.39 is 22.5 Å². The Balaban J connectivity index is 1.64. The Morgan fingerprint density at radius 2 is 1.66 bits per heavy atom. The largest absolute Gasteiger partial charge is 0.496 e. The van der Waals surface area contributed by atoms with Gasteiger partial charge in [0.05, 0.1) is 23.7 Å². The van der Waals surface area contributed by atoms with E-state index in [1.54, 1.807) is 43.5 Å². The molecule has 9 heteroatoms. The maximum atomic E-state index is 13.7. The number of anilines is 1. The van der Waals surface area contributed by atoms with Crippen molar-refractivity contribution in [2.45, 2.75) is 44.6 Å². The molecule has 1 aliphatic heterocycles. The second kappa shape index (κ2) is 11.3. The minimum Gasteiger partial charge on any atom is -0.496 e. The first-order valence-corrected chi connectivity index (χ1v) is 14.0. The highest BCUT2D eigenvalue weighted by molar-refractivity contribution is 7.92. The third kappa shape index (κ3) is 5.72. The zero-order chi connectivity index (χ0) is 27.4. The van der Waals surface area contributed by atoms with Gasteiger partial charge in [-0.2, -0.15) is 0 Å². The van der Waals surface area contributed by atoms with Crippen LogP contribution in [0.3, 0.4) is 0 Å². The van der Waals surface area contributed by atoms with Crippen LogP contribution < -0.4 is 23.8 Å². The molecule has 0 unspecified atom stereocenters. The van der Waals surface area contributed by atoms with Crippen LogP contribution in [-0.2, 0) is 14.8 Å². The van der Waals surface area contributed by atoms with Crippen LogP contribution in [0.15, 0.2) is 65.6 Å². The number of nitrogens with zero attached hydrogens (tertiary/aromatic N) is 1. The first kappa shape index (κ1) is 27.3. The number of ether oxygens (including phenoxy) is 3. The van der Waals surface area contributed by atoms with Gasteiger partial charge in [-0.15, -0.1) is 0 Å². The number of rotatable bonds is 9. The first-order chi connectivity index (χ1) is 18.1. The number of amides is 1. The van der Waals surface area contributed by atoms with Crippen molar-refractivity contribution in [3.8, 4) is 17.2 Å². The van der Waals surface area contributed by atoms with Gasteiger partial charge in [-0.3, -0.25) is 9.10 Å². The summed E-state index contributed by atoms with van der Waals surface area (Å²) in [5.41, 5.74) is 3.27.